The second-order valence-corrected chi connectivity index (χ2v) is 9.51. The minimum atomic E-state index is -0.574. The number of hydrogen-bond acceptors (Lipinski definition) is 7. The molecule has 0 aliphatic carbocycles. The zero-order chi connectivity index (χ0) is 26.4. The van der Waals surface area contributed by atoms with E-state index in [0.29, 0.717) is 36.8 Å². The molecular weight excluding hydrogens is 479 g/mol. The van der Waals surface area contributed by atoms with Crippen molar-refractivity contribution >= 4 is 6.09 Å². The molecule has 0 N–H and O–H groups in total. The van der Waals surface area contributed by atoms with Gasteiger partial charge in [-0.3, -0.25) is 0 Å². The van der Waals surface area contributed by atoms with Crippen LogP contribution in [0.1, 0.15) is 20.8 Å². The standard InChI is InChI=1S/C28H31FN2O6/c1-28(2,3)37-27(32)31-14-15-34-22(17-31)18-35-25-6-5-13-30-26(25)36-21-11-12-23(24(29)16-21)19-7-9-20(33-4)10-8-19/h5-13,16,22H,14-15,17-18H2,1-4H3. The highest BCUT2D eigenvalue weighted by Crippen LogP contribution is 2.32. The first-order chi connectivity index (χ1) is 17.7. The summed E-state index contributed by atoms with van der Waals surface area (Å²) < 4.78 is 43.0. The average molecular weight is 511 g/mol. The molecule has 1 amide bonds. The number of carbonyl (C=O) groups is 1. The number of benzene rings is 2. The Bertz CT molecular complexity index is 1210. The van der Waals surface area contributed by atoms with Crippen molar-refractivity contribution in [1.82, 2.24) is 9.88 Å². The summed E-state index contributed by atoms with van der Waals surface area (Å²) >= 11 is 0. The number of methoxy groups -OCH3 is 1. The molecule has 3 aromatic rings. The highest BCUT2D eigenvalue weighted by Gasteiger charge is 2.28. The van der Waals surface area contributed by atoms with Crippen LogP contribution in [0.3, 0.4) is 0 Å². The minimum Gasteiger partial charge on any atom is -0.497 e. The van der Waals surface area contributed by atoms with Crippen LogP contribution < -0.4 is 14.2 Å². The number of rotatable bonds is 7. The first-order valence-electron chi connectivity index (χ1n) is 12.0. The lowest BCUT2D eigenvalue weighted by Gasteiger charge is -2.34. The van der Waals surface area contributed by atoms with Crippen LogP contribution in [-0.4, -0.2) is 61.1 Å². The topological polar surface area (TPSA) is 79.4 Å². The molecule has 1 aromatic heterocycles. The maximum absolute atomic E-state index is 14.9. The molecule has 1 saturated heterocycles. The van der Waals surface area contributed by atoms with Gasteiger partial charge in [-0.2, -0.15) is 0 Å². The van der Waals surface area contributed by atoms with Gasteiger partial charge in [0, 0.05) is 24.4 Å². The van der Waals surface area contributed by atoms with Crippen LogP contribution in [0.4, 0.5) is 9.18 Å². The summed E-state index contributed by atoms with van der Waals surface area (Å²) in [6, 6.07) is 15.2. The van der Waals surface area contributed by atoms with E-state index in [1.807, 2.05) is 20.8 Å². The summed E-state index contributed by atoms with van der Waals surface area (Å²) in [5.74, 6) is 1.12. The van der Waals surface area contributed by atoms with Gasteiger partial charge < -0.3 is 28.6 Å². The Labute approximate surface area is 215 Å². The van der Waals surface area contributed by atoms with E-state index in [0.717, 1.165) is 5.56 Å². The molecule has 2 heterocycles. The Morgan fingerprint density at radius 1 is 1.14 bits per heavy atom. The smallest absolute Gasteiger partial charge is 0.410 e. The molecule has 1 unspecified atom stereocenters. The third kappa shape index (κ3) is 7.10. The van der Waals surface area contributed by atoms with E-state index in [2.05, 4.69) is 4.98 Å². The fourth-order valence-electron chi connectivity index (χ4n) is 3.73. The highest BCUT2D eigenvalue weighted by molar-refractivity contribution is 5.68. The molecule has 0 spiro atoms. The summed E-state index contributed by atoms with van der Waals surface area (Å²) in [4.78, 5) is 18.3. The highest BCUT2D eigenvalue weighted by atomic mass is 19.1. The van der Waals surface area contributed by atoms with E-state index in [-0.39, 0.29) is 30.4 Å². The molecule has 0 bridgehead atoms. The van der Waals surface area contributed by atoms with E-state index in [1.54, 1.807) is 66.7 Å². The summed E-state index contributed by atoms with van der Waals surface area (Å²) in [7, 11) is 1.58. The molecule has 2 aromatic carbocycles. The van der Waals surface area contributed by atoms with Crippen molar-refractivity contribution < 1.29 is 32.9 Å². The number of nitrogens with zero attached hydrogens (tertiary/aromatic N) is 2. The molecule has 37 heavy (non-hydrogen) atoms. The van der Waals surface area contributed by atoms with Crippen molar-refractivity contribution in [2.75, 3.05) is 33.4 Å². The molecule has 4 rings (SSSR count). The third-order valence-corrected chi connectivity index (χ3v) is 5.51. The number of carbonyl (C=O) groups excluding carboxylic acids is 1. The zero-order valence-electron chi connectivity index (χ0n) is 21.4. The van der Waals surface area contributed by atoms with E-state index in [1.165, 1.54) is 6.07 Å². The lowest BCUT2D eigenvalue weighted by molar-refractivity contribution is -0.0559. The monoisotopic (exact) mass is 510 g/mol. The Morgan fingerprint density at radius 2 is 1.89 bits per heavy atom. The number of amides is 1. The molecule has 0 radical (unpaired) electrons. The van der Waals surface area contributed by atoms with Crippen molar-refractivity contribution in [2.24, 2.45) is 0 Å². The van der Waals surface area contributed by atoms with Gasteiger partial charge in [0.2, 0.25) is 0 Å². The van der Waals surface area contributed by atoms with Gasteiger partial charge in [-0.15, -0.1) is 0 Å². The summed E-state index contributed by atoms with van der Waals surface area (Å²) in [5.41, 5.74) is 0.589. The number of aromatic nitrogens is 1. The van der Waals surface area contributed by atoms with Gasteiger partial charge in [-0.1, -0.05) is 12.1 Å². The molecule has 1 atom stereocenters. The number of ether oxygens (including phenoxy) is 5. The van der Waals surface area contributed by atoms with Gasteiger partial charge in [0.25, 0.3) is 5.88 Å². The van der Waals surface area contributed by atoms with Crippen molar-refractivity contribution in [3.8, 4) is 34.3 Å². The fourth-order valence-corrected chi connectivity index (χ4v) is 3.73. The van der Waals surface area contributed by atoms with E-state index >= 15 is 0 Å². The first-order valence-corrected chi connectivity index (χ1v) is 12.0. The summed E-state index contributed by atoms with van der Waals surface area (Å²) in [6.07, 6.45) is 0.827. The number of hydrogen-bond donors (Lipinski definition) is 0. The molecule has 1 aliphatic heterocycles. The predicted molar refractivity (Wildman–Crippen MR) is 136 cm³/mol. The maximum atomic E-state index is 14.9. The van der Waals surface area contributed by atoms with Crippen LogP contribution >= 0.6 is 0 Å². The van der Waals surface area contributed by atoms with Crippen LogP contribution in [0.25, 0.3) is 11.1 Å². The number of pyridine rings is 1. The van der Waals surface area contributed by atoms with Gasteiger partial charge in [0.05, 0.1) is 20.3 Å². The third-order valence-electron chi connectivity index (χ3n) is 5.51. The van der Waals surface area contributed by atoms with Crippen LogP contribution in [0.15, 0.2) is 60.8 Å². The van der Waals surface area contributed by atoms with Crippen LogP contribution in [0.2, 0.25) is 0 Å². The average Bonchev–Trinajstić information content (AvgIpc) is 2.88. The van der Waals surface area contributed by atoms with Crippen molar-refractivity contribution in [3.05, 3.63) is 66.6 Å². The maximum Gasteiger partial charge on any atom is 0.410 e. The van der Waals surface area contributed by atoms with Crippen LogP contribution in [0, 0.1) is 5.82 Å². The van der Waals surface area contributed by atoms with E-state index in [4.69, 9.17) is 23.7 Å². The Kier molecular flexibility index (Phi) is 8.13. The van der Waals surface area contributed by atoms with Gasteiger partial charge in [0.1, 0.15) is 35.6 Å². The predicted octanol–water partition coefficient (Wildman–Crippen LogP) is 5.70. The Balaban J connectivity index is 1.39. The lowest BCUT2D eigenvalue weighted by Crippen LogP contribution is -2.49. The normalized spacial score (nSPS) is 15.7. The van der Waals surface area contributed by atoms with Crippen molar-refractivity contribution in [2.45, 2.75) is 32.5 Å². The second-order valence-electron chi connectivity index (χ2n) is 9.51. The molecule has 0 saturated carbocycles. The molecule has 1 aliphatic rings. The quantitative estimate of drug-likeness (QED) is 0.403. The van der Waals surface area contributed by atoms with Gasteiger partial charge in [-0.25, -0.2) is 14.2 Å². The molecule has 8 nitrogen and oxygen atoms in total. The van der Waals surface area contributed by atoms with Crippen LogP contribution in [0.5, 0.6) is 23.1 Å². The summed E-state index contributed by atoms with van der Waals surface area (Å²) in [6.45, 7) is 6.82. The molecule has 196 valence electrons. The largest absolute Gasteiger partial charge is 0.497 e. The van der Waals surface area contributed by atoms with E-state index < -0.39 is 11.4 Å². The van der Waals surface area contributed by atoms with Crippen LogP contribution in [-0.2, 0) is 9.47 Å². The molecule has 1 fully saturated rings. The first kappa shape index (κ1) is 26.2. The van der Waals surface area contributed by atoms with Gasteiger partial charge in [-0.05, 0) is 62.7 Å². The van der Waals surface area contributed by atoms with E-state index in [9.17, 15) is 9.18 Å². The molecule has 9 heteroatoms. The minimum absolute atomic E-state index is 0.173. The lowest BCUT2D eigenvalue weighted by atomic mass is 10.0. The summed E-state index contributed by atoms with van der Waals surface area (Å²) in [5, 5.41) is 0. The Morgan fingerprint density at radius 3 is 2.59 bits per heavy atom. The van der Waals surface area contributed by atoms with Gasteiger partial charge in [0.15, 0.2) is 5.75 Å². The molecular formula is C28H31FN2O6. The zero-order valence-corrected chi connectivity index (χ0v) is 21.4. The number of halogens is 1. The number of morpholine rings is 1. The van der Waals surface area contributed by atoms with Gasteiger partial charge >= 0.3 is 6.09 Å². The fraction of sp³-hybridized carbons (Fsp3) is 0.357. The van der Waals surface area contributed by atoms with Crippen molar-refractivity contribution in [3.63, 3.8) is 0 Å². The SMILES string of the molecule is COc1ccc(-c2ccc(Oc3ncccc3OCC3CN(C(=O)OC(C)(C)C)CCO3)cc2F)cc1. The second kappa shape index (κ2) is 11.5. The van der Waals surface area contributed by atoms with Crippen molar-refractivity contribution in [1.29, 1.82) is 0 Å². The Hall–Kier alpha value is -3.85.